The maximum absolute atomic E-state index is 13.0. The van der Waals surface area contributed by atoms with E-state index < -0.39 is 0 Å². The number of hydrogen-bond donors (Lipinski definition) is 1. The summed E-state index contributed by atoms with van der Waals surface area (Å²) in [5.41, 5.74) is 0. The van der Waals surface area contributed by atoms with Crippen molar-refractivity contribution in [2.45, 2.75) is 69.1 Å². The average Bonchev–Trinajstić information content (AvgIpc) is 3.56. The first-order chi connectivity index (χ1) is 14.5. The molecule has 4 rings (SSSR count). The maximum Gasteiger partial charge on any atom is 0.230 e. The summed E-state index contributed by atoms with van der Waals surface area (Å²) in [6.07, 6.45) is 7.80. The van der Waals surface area contributed by atoms with Gasteiger partial charge in [0.15, 0.2) is 5.16 Å². The summed E-state index contributed by atoms with van der Waals surface area (Å²) in [5.74, 6) is 1.58. The Morgan fingerprint density at radius 1 is 1.17 bits per heavy atom. The molecule has 0 radical (unpaired) electrons. The van der Waals surface area contributed by atoms with Crippen LogP contribution in [0.25, 0.3) is 0 Å². The van der Waals surface area contributed by atoms with E-state index in [0.717, 1.165) is 44.6 Å². The van der Waals surface area contributed by atoms with Gasteiger partial charge in [-0.2, -0.15) is 0 Å². The Balaban J connectivity index is 1.35. The number of nitrogens with one attached hydrogen (secondary N) is 1. The van der Waals surface area contributed by atoms with Crippen molar-refractivity contribution in [1.82, 2.24) is 20.2 Å². The van der Waals surface area contributed by atoms with Crippen molar-refractivity contribution in [2.75, 3.05) is 30.3 Å². The van der Waals surface area contributed by atoms with Crippen molar-refractivity contribution in [2.24, 2.45) is 5.92 Å². The third-order valence-electron chi connectivity index (χ3n) is 6.12. The second-order valence-corrected chi connectivity index (χ2v) is 9.95. The summed E-state index contributed by atoms with van der Waals surface area (Å²) in [6.45, 7) is 4.25. The van der Waals surface area contributed by atoms with Gasteiger partial charge in [0.1, 0.15) is 11.0 Å². The van der Waals surface area contributed by atoms with E-state index in [4.69, 9.17) is 11.6 Å². The van der Waals surface area contributed by atoms with E-state index in [2.05, 4.69) is 27.1 Å². The lowest BCUT2D eigenvalue weighted by atomic mass is 9.88. The first kappa shape index (κ1) is 21.7. The van der Waals surface area contributed by atoms with E-state index in [1.54, 1.807) is 6.07 Å². The van der Waals surface area contributed by atoms with Crippen LogP contribution in [0.5, 0.6) is 0 Å². The predicted octanol–water partition coefficient (Wildman–Crippen LogP) is 3.12. The number of aromatic nitrogens is 2. The van der Waals surface area contributed by atoms with Crippen LogP contribution in [0.4, 0.5) is 5.82 Å². The molecule has 0 spiro atoms. The van der Waals surface area contributed by atoms with E-state index in [1.807, 2.05) is 4.90 Å². The molecule has 1 N–H and O–H groups in total. The van der Waals surface area contributed by atoms with Crippen LogP contribution in [0.2, 0.25) is 5.15 Å². The minimum absolute atomic E-state index is 0.0103. The van der Waals surface area contributed by atoms with Gasteiger partial charge < -0.3 is 15.1 Å². The standard InChI is InChI=1S/C21H30ClN5O2S/c1-14-12-26(9-10-27(14)20(29)15-5-3-2-4-6-15)18-11-17(22)24-21(25-18)30-13-19(28)23-16-7-8-16/h11,14-16H,2-10,12-13H2,1H3,(H,23,28). The lowest BCUT2D eigenvalue weighted by Crippen LogP contribution is -2.55. The number of nitrogens with zero attached hydrogens (tertiary/aromatic N) is 4. The fourth-order valence-corrected chi connectivity index (χ4v) is 5.21. The molecule has 2 aliphatic carbocycles. The van der Waals surface area contributed by atoms with Crippen molar-refractivity contribution < 1.29 is 9.59 Å². The lowest BCUT2D eigenvalue weighted by Gasteiger charge is -2.42. The molecule has 30 heavy (non-hydrogen) atoms. The molecule has 3 fully saturated rings. The van der Waals surface area contributed by atoms with E-state index in [1.165, 1.54) is 31.0 Å². The van der Waals surface area contributed by atoms with Crippen LogP contribution in [0.1, 0.15) is 51.9 Å². The normalized spacial score (nSPS) is 22.8. The van der Waals surface area contributed by atoms with Gasteiger partial charge in [-0.3, -0.25) is 9.59 Å². The number of carbonyl (C=O) groups excluding carboxylic acids is 2. The molecule has 9 heteroatoms. The summed E-state index contributed by atoms with van der Waals surface area (Å²) >= 11 is 7.55. The highest BCUT2D eigenvalue weighted by Crippen LogP contribution is 2.28. The Morgan fingerprint density at radius 2 is 1.93 bits per heavy atom. The molecular weight excluding hydrogens is 422 g/mol. The van der Waals surface area contributed by atoms with Crippen LogP contribution < -0.4 is 10.2 Å². The van der Waals surface area contributed by atoms with Gasteiger partial charge in [-0.1, -0.05) is 42.6 Å². The highest BCUT2D eigenvalue weighted by molar-refractivity contribution is 7.99. The number of piperazine rings is 1. The number of carbonyl (C=O) groups is 2. The second-order valence-electron chi connectivity index (χ2n) is 8.62. The first-order valence-electron chi connectivity index (χ1n) is 11.0. The number of hydrogen-bond acceptors (Lipinski definition) is 6. The third kappa shape index (κ3) is 5.58. The summed E-state index contributed by atoms with van der Waals surface area (Å²) in [4.78, 5) is 38.0. The fraction of sp³-hybridized carbons (Fsp3) is 0.714. The monoisotopic (exact) mass is 451 g/mol. The van der Waals surface area contributed by atoms with Crippen molar-refractivity contribution >= 4 is 41.0 Å². The molecule has 1 unspecified atom stereocenters. The molecule has 7 nitrogen and oxygen atoms in total. The number of halogens is 1. The van der Waals surface area contributed by atoms with Crippen LogP contribution in [-0.4, -0.2) is 64.2 Å². The summed E-state index contributed by atoms with van der Waals surface area (Å²) in [5, 5.41) is 3.85. The van der Waals surface area contributed by atoms with Crippen LogP contribution in [-0.2, 0) is 9.59 Å². The molecule has 1 aromatic rings. The molecule has 1 aliphatic heterocycles. The van der Waals surface area contributed by atoms with Gasteiger partial charge in [0.05, 0.1) is 5.75 Å². The SMILES string of the molecule is CC1CN(c2cc(Cl)nc(SCC(=O)NC3CC3)n2)CCN1C(=O)C1CCCCC1. The van der Waals surface area contributed by atoms with Gasteiger partial charge in [-0.05, 0) is 32.6 Å². The number of amides is 2. The molecule has 0 aromatic carbocycles. The van der Waals surface area contributed by atoms with Gasteiger partial charge in [-0.15, -0.1) is 0 Å². The lowest BCUT2D eigenvalue weighted by molar-refractivity contribution is -0.139. The van der Waals surface area contributed by atoms with Crippen LogP contribution in [0, 0.1) is 5.92 Å². The van der Waals surface area contributed by atoms with Crippen LogP contribution in [0.15, 0.2) is 11.2 Å². The van der Waals surface area contributed by atoms with Crippen molar-refractivity contribution in [3.05, 3.63) is 11.2 Å². The minimum atomic E-state index is 0.0103. The molecule has 1 aromatic heterocycles. The zero-order valence-electron chi connectivity index (χ0n) is 17.5. The third-order valence-corrected chi connectivity index (χ3v) is 7.17. The molecule has 2 amide bonds. The van der Waals surface area contributed by atoms with Crippen molar-refractivity contribution in [3.8, 4) is 0 Å². The molecule has 2 heterocycles. The summed E-state index contributed by atoms with van der Waals surface area (Å²) in [7, 11) is 0. The zero-order valence-corrected chi connectivity index (χ0v) is 19.1. The maximum atomic E-state index is 13.0. The number of thioether (sulfide) groups is 1. The summed E-state index contributed by atoms with van der Waals surface area (Å²) < 4.78 is 0. The molecule has 1 saturated heterocycles. The molecule has 1 atom stereocenters. The fourth-order valence-electron chi connectivity index (χ4n) is 4.32. The van der Waals surface area contributed by atoms with Gasteiger partial charge in [0, 0.05) is 43.7 Å². The number of anilines is 1. The molecule has 2 saturated carbocycles. The number of rotatable bonds is 6. The zero-order chi connectivity index (χ0) is 21.1. The Bertz CT molecular complexity index is 785. The Kier molecular flexibility index (Phi) is 7.03. The van der Waals surface area contributed by atoms with E-state index >= 15 is 0 Å². The summed E-state index contributed by atoms with van der Waals surface area (Å²) in [6, 6.07) is 2.24. The smallest absolute Gasteiger partial charge is 0.230 e. The minimum Gasteiger partial charge on any atom is -0.353 e. The average molecular weight is 452 g/mol. The molecular formula is C21H30ClN5O2S. The second kappa shape index (κ2) is 9.73. The van der Waals surface area contributed by atoms with Crippen molar-refractivity contribution in [3.63, 3.8) is 0 Å². The van der Waals surface area contributed by atoms with Gasteiger partial charge in [-0.25, -0.2) is 9.97 Å². The highest BCUT2D eigenvalue weighted by Gasteiger charge is 2.33. The van der Waals surface area contributed by atoms with Gasteiger partial charge in [0.2, 0.25) is 11.8 Å². The van der Waals surface area contributed by atoms with E-state index in [-0.39, 0.29) is 23.6 Å². The predicted molar refractivity (Wildman–Crippen MR) is 119 cm³/mol. The highest BCUT2D eigenvalue weighted by atomic mass is 35.5. The first-order valence-corrected chi connectivity index (χ1v) is 12.4. The van der Waals surface area contributed by atoms with Crippen molar-refractivity contribution in [1.29, 1.82) is 0 Å². The van der Waals surface area contributed by atoms with Gasteiger partial charge in [0.25, 0.3) is 0 Å². The van der Waals surface area contributed by atoms with E-state index in [9.17, 15) is 9.59 Å². The van der Waals surface area contributed by atoms with Crippen LogP contribution >= 0.6 is 23.4 Å². The largest absolute Gasteiger partial charge is 0.353 e. The molecule has 164 valence electrons. The Morgan fingerprint density at radius 3 is 2.63 bits per heavy atom. The Labute approximate surface area is 187 Å². The topological polar surface area (TPSA) is 78.4 Å². The van der Waals surface area contributed by atoms with E-state index in [0.29, 0.717) is 28.8 Å². The van der Waals surface area contributed by atoms with Crippen LogP contribution in [0.3, 0.4) is 0 Å². The molecule has 3 aliphatic rings. The Hall–Kier alpha value is -1.54. The molecule has 0 bridgehead atoms. The quantitative estimate of drug-likeness (QED) is 0.406. The van der Waals surface area contributed by atoms with Gasteiger partial charge >= 0.3 is 0 Å².